The number of pyridine rings is 1. The molecule has 2 N–H and O–H groups in total. The van der Waals surface area contributed by atoms with Gasteiger partial charge in [0.15, 0.2) is 0 Å². The van der Waals surface area contributed by atoms with Crippen molar-refractivity contribution in [1.29, 1.82) is 0 Å². The lowest BCUT2D eigenvalue weighted by molar-refractivity contribution is 0.0781. The number of nitrogens with two attached hydrogens (primary N) is 1. The van der Waals surface area contributed by atoms with E-state index in [1.54, 1.807) is 0 Å². The Hall–Kier alpha value is -1.95. The zero-order valence-corrected chi connectivity index (χ0v) is 14.5. The number of carbonyl (C=O) groups excluding carboxylic acids is 1. The largest absolute Gasteiger partial charge is 0.338 e. The van der Waals surface area contributed by atoms with Crippen molar-refractivity contribution in [2.24, 2.45) is 17.6 Å². The van der Waals surface area contributed by atoms with E-state index < -0.39 is 0 Å². The van der Waals surface area contributed by atoms with E-state index in [4.69, 9.17) is 10.3 Å². The average Bonchev–Trinajstić information content (AvgIpc) is 3.21. The van der Waals surface area contributed by atoms with E-state index in [1.807, 2.05) is 31.7 Å². The summed E-state index contributed by atoms with van der Waals surface area (Å²) in [4.78, 5) is 19.6. The summed E-state index contributed by atoms with van der Waals surface area (Å²) in [6.45, 7) is 7.54. The molecule has 6 nitrogen and oxygen atoms in total. The van der Waals surface area contributed by atoms with Gasteiger partial charge in [0.2, 0.25) is 0 Å². The molecule has 3 heterocycles. The van der Waals surface area contributed by atoms with Crippen LogP contribution in [0.25, 0.3) is 11.1 Å². The van der Waals surface area contributed by atoms with Crippen LogP contribution in [-0.2, 0) is 0 Å². The molecule has 4 rings (SSSR count). The molecule has 0 aromatic carbocycles. The van der Waals surface area contributed by atoms with Gasteiger partial charge in [0.25, 0.3) is 11.6 Å². The molecule has 6 heteroatoms. The third-order valence-electron chi connectivity index (χ3n) is 5.58. The van der Waals surface area contributed by atoms with Gasteiger partial charge in [-0.05, 0) is 43.6 Å². The average molecular weight is 328 g/mol. The molecular weight excluding hydrogens is 304 g/mol. The minimum absolute atomic E-state index is 0.0530. The number of fused-ring (bicyclic) bond motifs is 2. The van der Waals surface area contributed by atoms with Crippen LogP contribution in [-0.4, -0.2) is 40.1 Å². The molecule has 2 fully saturated rings. The summed E-state index contributed by atoms with van der Waals surface area (Å²) in [5, 5.41) is 4.91. The number of likely N-dealkylation sites (tertiary alicyclic amines) is 1. The number of aromatic nitrogens is 2. The van der Waals surface area contributed by atoms with Crippen molar-refractivity contribution in [3.05, 3.63) is 23.0 Å². The molecule has 1 aliphatic heterocycles. The second-order valence-corrected chi connectivity index (χ2v) is 7.59. The first kappa shape index (κ1) is 15.6. The summed E-state index contributed by atoms with van der Waals surface area (Å²) in [5.74, 6) is 1.22. The Morgan fingerprint density at radius 2 is 2.17 bits per heavy atom. The van der Waals surface area contributed by atoms with Gasteiger partial charge in [-0.3, -0.25) is 4.79 Å². The fraction of sp³-hybridized carbons (Fsp3) is 0.611. The lowest BCUT2D eigenvalue weighted by Gasteiger charge is -2.19. The minimum atomic E-state index is 0.0530. The Balaban J connectivity index is 1.73. The Kier molecular flexibility index (Phi) is 3.60. The van der Waals surface area contributed by atoms with Gasteiger partial charge in [0.05, 0.1) is 16.6 Å². The number of hydrogen-bond donors (Lipinski definition) is 1. The predicted octanol–water partition coefficient (Wildman–Crippen LogP) is 2.46. The molecule has 0 radical (unpaired) electrons. The molecule has 0 spiro atoms. The highest BCUT2D eigenvalue weighted by atomic mass is 16.5. The lowest BCUT2D eigenvalue weighted by Crippen LogP contribution is -2.33. The first-order valence-electron chi connectivity index (χ1n) is 8.77. The Morgan fingerprint density at radius 1 is 1.38 bits per heavy atom. The smallest absolute Gasteiger partial charge is 0.259 e. The van der Waals surface area contributed by atoms with Crippen molar-refractivity contribution in [1.82, 2.24) is 15.0 Å². The summed E-state index contributed by atoms with van der Waals surface area (Å²) in [5.41, 5.74) is 8.90. The van der Waals surface area contributed by atoms with Gasteiger partial charge in [0.1, 0.15) is 0 Å². The quantitative estimate of drug-likeness (QED) is 0.915. The van der Waals surface area contributed by atoms with Gasteiger partial charge in [-0.1, -0.05) is 19.0 Å². The maximum Gasteiger partial charge on any atom is 0.259 e. The highest BCUT2D eigenvalue weighted by Crippen LogP contribution is 2.38. The fourth-order valence-electron chi connectivity index (χ4n) is 4.30. The van der Waals surface area contributed by atoms with Crippen LogP contribution in [0.4, 0.5) is 0 Å². The minimum Gasteiger partial charge on any atom is -0.338 e. The standard InChI is InChI=1S/C18H24N4O2/c1-9(2)16-15-12(6-10(3)20-17(15)24-21-16)18(23)22-7-11-4-5-14(19)13(11)8-22/h6,9,11,13-14H,4-5,7-8,19H2,1-3H3. The molecule has 1 aliphatic carbocycles. The number of nitrogens with zero attached hydrogens (tertiary/aromatic N) is 3. The second-order valence-electron chi connectivity index (χ2n) is 7.59. The van der Waals surface area contributed by atoms with Crippen LogP contribution in [0.15, 0.2) is 10.6 Å². The summed E-state index contributed by atoms with van der Waals surface area (Å²) < 4.78 is 5.38. The van der Waals surface area contributed by atoms with E-state index in [1.165, 1.54) is 0 Å². The molecule has 3 unspecified atom stereocenters. The van der Waals surface area contributed by atoms with Crippen LogP contribution in [0.1, 0.15) is 54.4 Å². The first-order valence-corrected chi connectivity index (χ1v) is 8.77. The zero-order chi connectivity index (χ0) is 17.0. The lowest BCUT2D eigenvalue weighted by atomic mass is 9.98. The Bertz CT molecular complexity index is 798. The van der Waals surface area contributed by atoms with E-state index in [0.29, 0.717) is 23.1 Å². The van der Waals surface area contributed by atoms with Crippen LogP contribution < -0.4 is 5.73 Å². The molecule has 1 amide bonds. The van der Waals surface area contributed by atoms with Gasteiger partial charge in [-0.15, -0.1) is 0 Å². The van der Waals surface area contributed by atoms with Crippen molar-refractivity contribution in [3.63, 3.8) is 0 Å². The van der Waals surface area contributed by atoms with Crippen LogP contribution in [0, 0.1) is 18.8 Å². The van der Waals surface area contributed by atoms with Gasteiger partial charge >= 0.3 is 0 Å². The van der Waals surface area contributed by atoms with Crippen LogP contribution in [0.5, 0.6) is 0 Å². The van der Waals surface area contributed by atoms with E-state index in [-0.39, 0.29) is 17.9 Å². The molecule has 2 aromatic rings. The van der Waals surface area contributed by atoms with Gasteiger partial charge in [-0.25, -0.2) is 4.98 Å². The number of aryl methyl sites for hydroxylation is 1. The predicted molar refractivity (Wildman–Crippen MR) is 90.7 cm³/mol. The maximum absolute atomic E-state index is 13.2. The molecule has 128 valence electrons. The van der Waals surface area contributed by atoms with Gasteiger partial charge < -0.3 is 15.2 Å². The van der Waals surface area contributed by atoms with Crippen LogP contribution in [0.3, 0.4) is 0 Å². The van der Waals surface area contributed by atoms with E-state index in [2.05, 4.69) is 10.1 Å². The van der Waals surface area contributed by atoms with Crippen molar-refractivity contribution in [2.45, 2.75) is 45.6 Å². The van der Waals surface area contributed by atoms with Gasteiger partial charge in [-0.2, -0.15) is 0 Å². The highest BCUT2D eigenvalue weighted by Gasteiger charge is 2.43. The molecule has 1 saturated heterocycles. The monoisotopic (exact) mass is 328 g/mol. The van der Waals surface area contributed by atoms with E-state index >= 15 is 0 Å². The van der Waals surface area contributed by atoms with Crippen LogP contribution >= 0.6 is 0 Å². The number of carbonyl (C=O) groups is 1. The topological polar surface area (TPSA) is 85.2 Å². The number of amides is 1. The molecule has 0 bridgehead atoms. The van der Waals surface area contributed by atoms with Crippen molar-refractivity contribution < 1.29 is 9.32 Å². The normalized spacial score (nSPS) is 26.5. The Morgan fingerprint density at radius 3 is 2.88 bits per heavy atom. The van der Waals surface area contributed by atoms with E-state index in [9.17, 15) is 4.79 Å². The SMILES string of the molecule is Cc1cc(C(=O)N2CC3CCC(N)C3C2)c2c(C(C)C)noc2n1. The third kappa shape index (κ3) is 2.32. The Labute approximate surface area is 141 Å². The maximum atomic E-state index is 13.2. The summed E-state index contributed by atoms with van der Waals surface area (Å²) >= 11 is 0. The molecule has 1 saturated carbocycles. The molecule has 2 aromatic heterocycles. The summed E-state index contributed by atoms with van der Waals surface area (Å²) in [6, 6.07) is 2.09. The van der Waals surface area contributed by atoms with Gasteiger partial charge in [0, 0.05) is 24.8 Å². The molecule has 2 aliphatic rings. The second kappa shape index (κ2) is 5.55. The number of rotatable bonds is 2. The molecule has 3 atom stereocenters. The van der Waals surface area contributed by atoms with Crippen molar-refractivity contribution in [3.8, 4) is 0 Å². The summed E-state index contributed by atoms with van der Waals surface area (Å²) in [7, 11) is 0. The zero-order valence-electron chi connectivity index (χ0n) is 14.5. The molecule has 24 heavy (non-hydrogen) atoms. The van der Waals surface area contributed by atoms with Crippen molar-refractivity contribution in [2.75, 3.05) is 13.1 Å². The third-order valence-corrected chi connectivity index (χ3v) is 5.58. The van der Waals surface area contributed by atoms with Crippen molar-refractivity contribution >= 4 is 17.0 Å². The molecular formula is C18H24N4O2. The highest BCUT2D eigenvalue weighted by molar-refractivity contribution is 6.06. The van der Waals surface area contributed by atoms with Crippen LogP contribution in [0.2, 0.25) is 0 Å². The number of hydrogen-bond acceptors (Lipinski definition) is 5. The van der Waals surface area contributed by atoms with E-state index in [0.717, 1.165) is 42.7 Å². The summed E-state index contributed by atoms with van der Waals surface area (Å²) in [6.07, 6.45) is 2.21. The first-order chi connectivity index (χ1) is 11.5. The fourth-order valence-corrected chi connectivity index (χ4v) is 4.30.